The van der Waals surface area contributed by atoms with Crippen LogP contribution < -0.4 is 0 Å². The fraction of sp³-hybridized carbons (Fsp3) is 0.0667. The second-order valence-electron chi connectivity index (χ2n) is 3.80. The Kier molecular flexibility index (Phi) is 4.25. The van der Waals surface area contributed by atoms with Crippen molar-refractivity contribution < 1.29 is 9.23 Å². The summed E-state index contributed by atoms with van der Waals surface area (Å²) in [7, 11) is 0. The third-order valence-corrected chi connectivity index (χ3v) is 2.38. The predicted octanol–water partition coefficient (Wildman–Crippen LogP) is 3.13. The zero-order chi connectivity index (χ0) is 13.5. The fourth-order valence-electron chi connectivity index (χ4n) is 1.43. The molecule has 0 atom stereocenters. The zero-order valence-electron chi connectivity index (χ0n) is 10.0. The summed E-state index contributed by atoms with van der Waals surface area (Å²) in [5, 5.41) is 12.3. The lowest BCUT2D eigenvalue weighted by molar-refractivity contribution is 0.132. The molecule has 0 N–H and O–H groups in total. The van der Waals surface area contributed by atoms with Gasteiger partial charge in [-0.05, 0) is 29.8 Å². The molecule has 0 aliphatic carbocycles. The standard InChI is InChI=1S/C15H10FN2O/c16-15-3-1-2-14(8-15)10-18-19-11-13-6-4-12(9-17)5-7-13/h1-8H,11H2. The minimum Gasteiger partial charge on any atom is -0.390 e. The van der Waals surface area contributed by atoms with Gasteiger partial charge in [-0.2, -0.15) is 5.26 Å². The van der Waals surface area contributed by atoms with Crippen LogP contribution in [0.25, 0.3) is 0 Å². The van der Waals surface area contributed by atoms with Crippen molar-refractivity contribution in [2.24, 2.45) is 5.16 Å². The van der Waals surface area contributed by atoms with Gasteiger partial charge < -0.3 is 4.84 Å². The maximum atomic E-state index is 12.9. The van der Waals surface area contributed by atoms with E-state index in [1.165, 1.54) is 12.1 Å². The molecule has 0 saturated carbocycles. The van der Waals surface area contributed by atoms with E-state index in [0.717, 1.165) is 5.56 Å². The number of nitriles is 1. The van der Waals surface area contributed by atoms with Crippen LogP contribution in [0.4, 0.5) is 4.39 Å². The lowest BCUT2D eigenvalue weighted by atomic mass is 10.2. The van der Waals surface area contributed by atoms with Crippen molar-refractivity contribution in [1.29, 1.82) is 5.26 Å². The average Bonchev–Trinajstić information content (AvgIpc) is 2.44. The van der Waals surface area contributed by atoms with E-state index in [1.807, 2.05) is 6.07 Å². The summed E-state index contributed by atoms with van der Waals surface area (Å²) in [6, 6.07) is 14.9. The van der Waals surface area contributed by atoms with Gasteiger partial charge in [-0.3, -0.25) is 0 Å². The molecule has 93 valence electrons. The van der Waals surface area contributed by atoms with E-state index in [-0.39, 0.29) is 12.4 Å². The van der Waals surface area contributed by atoms with E-state index in [2.05, 4.69) is 11.4 Å². The van der Waals surface area contributed by atoms with Crippen molar-refractivity contribution in [3.63, 3.8) is 0 Å². The molecule has 2 rings (SSSR count). The minimum absolute atomic E-state index is 0.272. The third kappa shape index (κ3) is 3.93. The molecule has 0 aliphatic heterocycles. The van der Waals surface area contributed by atoms with Crippen molar-refractivity contribution in [3.8, 4) is 6.07 Å². The van der Waals surface area contributed by atoms with Crippen molar-refractivity contribution in [1.82, 2.24) is 0 Å². The maximum Gasteiger partial charge on any atom is 0.142 e. The molecule has 0 bridgehead atoms. The minimum atomic E-state index is -0.340. The van der Waals surface area contributed by atoms with E-state index in [0.29, 0.717) is 11.1 Å². The van der Waals surface area contributed by atoms with Crippen LogP contribution in [0.3, 0.4) is 0 Å². The lowest BCUT2D eigenvalue weighted by Crippen LogP contribution is -1.89. The second kappa shape index (κ2) is 6.31. The van der Waals surface area contributed by atoms with Crippen LogP contribution in [0.1, 0.15) is 16.7 Å². The highest BCUT2D eigenvalue weighted by atomic mass is 19.1. The molecule has 0 heterocycles. The summed E-state index contributed by atoms with van der Waals surface area (Å²) in [5.41, 5.74) is 2.00. The summed E-state index contributed by atoms with van der Waals surface area (Å²) >= 11 is 0. The van der Waals surface area contributed by atoms with Crippen LogP contribution in [0, 0.1) is 17.1 Å². The Hall–Kier alpha value is -2.67. The predicted molar refractivity (Wildman–Crippen MR) is 68.9 cm³/mol. The molecular formula is C15H10FN2O. The van der Waals surface area contributed by atoms with E-state index in [1.54, 1.807) is 36.4 Å². The number of halogens is 1. The Balaban J connectivity index is 1.87. The summed E-state index contributed by atoms with van der Waals surface area (Å²) in [6.45, 7) is 0.272. The van der Waals surface area contributed by atoms with Crippen LogP contribution in [0.5, 0.6) is 0 Å². The van der Waals surface area contributed by atoms with Gasteiger partial charge >= 0.3 is 0 Å². The van der Waals surface area contributed by atoms with Gasteiger partial charge in [0.25, 0.3) is 0 Å². The smallest absolute Gasteiger partial charge is 0.142 e. The first-order valence-corrected chi connectivity index (χ1v) is 5.60. The first-order valence-electron chi connectivity index (χ1n) is 5.60. The summed E-state index contributed by atoms with van der Waals surface area (Å²) in [4.78, 5) is 5.05. The first-order chi connectivity index (χ1) is 9.28. The topological polar surface area (TPSA) is 45.4 Å². The SMILES string of the molecule is N#Cc1ccc(CO/N=[C]\c2cccc(F)c2)cc1. The van der Waals surface area contributed by atoms with Crippen LogP contribution in [-0.2, 0) is 11.4 Å². The normalized spacial score (nSPS) is 10.3. The molecule has 4 heteroatoms. The molecule has 2 aromatic carbocycles. The summed E-state index contributed by atoms with van der Waals surface area (Å²) < 4.78 is 12.9. The molecular weight excluding hydrogens is 243 g/mol. The van der Waals surface area contributed by atoms with Crippen LogP contribution >= 0.6 is 0 Å². The van der Waals surface area contributed by atoms with Gasteiger partial charge in [0.2, 0.25) is 0 Å². The molecule has 0 fully saturated rings. The molecule has 0 spiro atoms. The monoisotopic (exact) mass is 253 g/mol. The first kappa shape index (κ1) is 12.8. The Bertz CT molecular complexity index is 615. The van der Waals surface area contributed by atoms with Crippen LogP contribution in [-0.4, -0.2) is 6.21 Å². The second-order valence-corrected chi connectivity index (χ2v) is 3.80. The average molecular weight is 253 g/mol. The highest BCUT2D eigenvalue weighted by Crippen LogP contribution is 2.05. The summed E-state index contributed by atoms with van der Waals surface area (Å²) in [6.07, 6.45) is 2.59. The molecule has 0 amide bonds. The fourth-order valence-corrected chi connectivity index (χ4v) is 1.43. The Labute approximate surface area is 110 Å². The van der Waals surface area contributed by atoms with Gasteiger partial charge in [0.1, 0.15) is 18.6 Å². The van der Waals surface area contributed by atoms with E-state index < -0.39 is 0 Å². The van der Waals surface area contributed by atoms with E-state index in [4.69, 9.17) is 10.1 Å². The number of hydrogen-bond acceptors (Lipinski definition) is 3. The Morgan fingerprint density at radius 3 is 2.58 bits per heavy atom. The highest BCUT2D eigenvalue weighted by Gasteiger charge is 1.95. The Morgan fingerprint density at radius 1 is 1.11 bits per heavy atom. The van der Waals surface area contributed by atoms with Gasteiger partial charge in [-0.25, -0.2) is 4.39 Å². The molecule has 2 aromatic rings. The van der Waals surface area contributed by atoms with E-state index >= 15 is 0 Å². The molecule has 0 aliphatic rings. The molecule has 0 unspecified atom stereocenters. The number of hydrogen-bond donors (Lipinski definition) is 0. The molecule has 0 saturated heterocycles. The van der Waals surface area contributed by atoms with Crippen molar-refractivity contribution in [2.75, 3.05) is 0 Å². The van der Waals surface area contributed by atoms with Crippen molar-refractivity contribution in [2.45, 2.75) is 6.61 Å². The Morgan fingerprint density at radius 2 is 1.89 bits per heavy atom. The van der Waals surface area contributed by atoms with Crippen molar-refractivity contribution in [3.05, 3.63) is 71.0 Å². The number of benzene rings is 2. The third-order valence-electron chi connectivity index (χ3n) is 2.38. The molecule has 1 radical (unpaired) electrons. The van der Waals surface area contributed by atoms with Gasteiger partial charge in [0.15, 0.2) is 0 Å². The van der Waals surface area contributed by atoms with Crippen molar-refractivity contribution >= 4 is 6.21 Å². The maximum absolute atomic E-state index is 12.9. The van der Waals surface area contributed by atoms with Gasteiger partial charge in [-0.1, -0.05) is 29.4 Å². The van der Waals surface area contributed by atoms with Crippen LogP contribution in [0.15, 0.2) is 53.7 Å². The molecule has 19 heavy (non-hydrogen) atoms. The highest BCUT2D eigenvalue weighted by molar-refractivity contribution is 5.78. The van der Waals surface area contributed by atoms with Gasteiger partial charge in [0.05, 0.1) is 11.6 Å². The largest absolute Gasteiger partial charge is 0.390 e. The molecule has 3 nitrogen and oxygen atoms in total. The van der Waals surface area contributed by atoms with E-state index in [9.17, 15) is 4.39 Å². The number of rotatable bonds is 4. The zero-order valence-corrected chi connectivity index (χ0v) is 10.0. The molecule has 0 aromatic heterocycles. The van der Waals surface area contributed by atoms with Crippen LogP contribution in [0.2, 0.25) is 0 Å². The number of nitrogens with zero attached hydrogens (tertiary/aromatic N) is 2. The summed E-state index contributed by atoms with van der Waals surface area (Å²) in [5.74, 6) is -0.340. The van der Waals surface area contributed by atoms with Gasteiger partial charge in [0, 0.05) is 5.56 Å². The lowest BCUT2D eigenvalue weighted by Gasteiger charge is -1.99. The van der Waals surface area contributed by atoms with Gasteiger partial charge in [-0.15, -0.1) is 0 Å². The quantitative estimate of drug-likeness (QED) is 0.620.